The highest BCUT2D eigenvalue weighted by atomic mass is 16.2. The van der Waals surface area contributed by atoms with Crippen LogP contribution in [-0.2, 0) is 12.8 Å². The highest BCUT2D eigenvalue weighted by Gasteiger charge is 1.97. The van der Waals surface area contributed by atoms with Gasteiger partial charge in [-0.05, 0) is 24.0 Å². The zero-order valence-electron chi connectivity index (χ0n) is 9.13. The summed E-state index contributed by atoms with van der Waals surface area (Å²) < 4.78 is 0. The molecule has 0 fully saturated rings. The molecule has 2 rings (SSSR count). The van der Waals surface area contributed by atoms with Gasteiger partial charge in [-0.1, -0.05) is 60.1 Å². The molecule has 0 aliphatic heterocycles. The van der Waals surface area contributed by atoms with E-state index in [1.807, 2.05) is 24.3 Å². The van der Waals surface area contributed by atoms with Crippen LogP contribution in [0, 0.1) is 0 Å². The molecule has 0 unspecified atom stereocenters. The van der Waals surface area contributed by atoms with Crippen molar-refractivity contribution in [2.75, 3.05) is 0 Å². The van der Waals surface area contributed by atoms with Crippen LogP contribution in [0.15, 0.2) is 54.6 Å². The van der Waals surface area contributed by atoms with E-state index < -0.39 is 0 Å². The van der Waals surface area contributed by atoms with E-state index in [1.54, 1.807) is 0 Å². The molecule has 1 nitrogen and oxygen atoms in total. The van der Waals surface area contributed by atoms with E-state index >= 15 is 0 Å². The largest absolute Gasteiger partial charge is 0.450 e. The van der Waals surface area contributed by atoms with Crippen LogP contribution in [0.4, 0.5) is 0 Å². The maximum Gasteiger partial charge on any atom is 0.326 e. The monoisotopic (exact) mass is 209 g/mol. The summed E-state index contributed by atoms with van der Waals surface area (Å²) in [5.41, 5.74) is 3.47. The third-order valence-electron chi connectivity index (χ3n) is 2.65. The van der Waals surface area contributed by atoms with Gasteiger partial charge in [0.15, 0.2) is 0 Å². The van der Waals surface area contributed by atoms with Gasteiger partial charge in [-0.2, -0.15) is 0 Å². The summed E-state index contributed by atoms with van der Waals surface area (Å²) in [5, 5.41) is 8.92. The molecule has 0 saturated carbocycles. The lowest BCUT2D eigenvalue weighted by atomic mass is 9.87. The summed E-state index contributed by atoms with van der Waals surface area (Å²) >= 11 is 0. The van der Waals surface area contributed by atoms with Gasteiger partial charge in [0.25, 0.3) is 0 Å². The Kier molecular flexibility index (Phi) is 3.78. The Morgan fingerprint density at radius 3 is 2.25 bits per heavy atom. The van der Waals surface area contributed by atoms with Crippen LogP contribution in [0.1, 0.15) is 11.1 Å². The second-order valence-electron chi connectivity index (χ2n) is 3.86. The van der Waals surface area contributed by atoms with Gasteiger partial charge < -0.3 is 5.02 Å². The quantitative estimate of drug-likeness (QED) is 0.760. The Balaban J connectivity index is 1.99. The topological polar surface area (TPSA) is 20.2 Å². The molecule has 0 aliphatic rings. The van der Waals surface area contributed by atoms with E-state index in [4.69, 9.17) is 5.02 Å². The lowest BCUT2D eigenvalue weighted by Crippen LogP contribution is -2.13. The van der Waals surface area contributed by atoms with Crippen molar-refractivity contribution < 1.29 is 5.02 Å². The van der Waals surface area contributed by atoms with Crippen molar-refractivity contribution in [1.29, 1.82) is 0 Å². The second kappa shape index (κ2) is 5.52. The third kappa shape index (κ3) is 2.98. The average Bonchev–Trinajstić information content (AvgIpc) is 2.38. The maximum atomic E-state index is 8.92. The van der Waals surface area contributed by atoms with Crippen molar-refractivity contribution in [2.24, 2.45) is 0 Å². The summed E-state index contributed by atoms with van der Waals surface area (Å²) in [6.07, 6.45) is 2.04. The molecular formula is C14H14BO. The summed E-state index contributed by atoms with van der Waals surface area (Å²) in [6, 6.07) is 18.4. The first-order valence-corrected chi connectivity index (χ1v) is 5.49. The molecule has 0 bridgehead atoms. The van der Waals surface area contributed by atoms with Gasteiger partial charge in [-0.15, -0.1) is 0 Å². The summed E-state index contributed by atoms with van der Waals surface area (Å²) in [7, 11) is 1.14. The molecule has 2 aromatic carbocycles. The minimum atomic E-state index is 0.866. The minimum Gasteiger partial charge on any atom is -0.450 e. The van der Waals surface area contributed by atoms with Crippen molar-refractivity contribution >= 4 is 12.9 Å². The highest BCUT2D eigenvalue weighted by molar-refractivity contribution is 6.45. The van der Waals surface area contributed by atoms with Crippen LogP contribution in [0.25, 0.3) is 0 Å². The molecule has 2 aromatic rings. The van der Waals surface area contributed by atoms with E-state index in [2.05, 4.69) is 30.3 Å². The average molecular weight is 209 g/mol. The van der Waals surface area contributed by atoms with Crippen molar-refractivity contribution in [2.45, 2.75) is 12.8 Å². The SMILES string of the molecule is O[B]c1cccc(CCc2ccccc2)c1. The summed E-state index contributed by atoms with van der Waals surface area (Å²) in [4.78, 5) is 0. The van der Waals surface area contributed by atoms with Crippen LogP contribution < -0.4 is 5.46 Å². The number of benzene rings is 2. The van der Waals surface area contributed by atoms with Crippen LogP contribution >= 0.6 is 0 Å². The zero-order chi connectivity index (χ0) is 11.2. The van der Waals surface area contributed by atoms with Crippen molar-refractivity contribution in [1.82, 2.24) is 0 Å². The van der Waals surface area contributed by atoms with E-state index in [9.17, 15) is 0 Å². The third-order valence-corrected chi connectivity index (χ3v) is 2.65. The predicted molar refractivity (Wildman–Crippen MR) is 67.9 cm³/mol. The van der Waals surface area contributed by atoms with Gasteiger partial charge in [0.05, 0.1) is 0 Å². The van der Waals surface area contributed by atoms with Crippen LogP contribution in [0.5, 0.6) is 0 Å². The first kappa shape index (κ1) is 11.0. The molecule has 0 heterocycles. The Morgan fingerprint density at radius 1 is 0.812 bits per heavy atom. The molecule has 0 saturated heterocycles. The maximum absolute atomic E-state index is 8.92. The predicted octanol–water partition coefficient (Wildman–Crippen LogP) is 1.71. The first-order chi connectivity index (χ1) is 7.88. The van der Waals surface area contributed by atoms with Crippen LogP contribution in [0.3, 0.4) is 0 Å². The number of hydrogen-bond donors (Lipinski definition) is 1. The standard InChI is InChI=1S/C14H14BO/c16-15-14-8-4-7-13(11-14)10-9-12-5-2-1-3-6-12/h1-8,11,16H,9-10H2. The molecule has 0 spiro atoms. The number of hydrogen-bond acceptors (Lipinski definition) is 1. The Labute approximate surface area is 97.0 Å². The van der Waals surface area contributed by atoms with Crippen molar-refractivity contribution in [3.63, 3.8) is 0 Å². The zero-order valence-corrected chi connectivity index (χ0v) is 9.13. The summed E-state index contributed by atoms with van der Waals surface area (Å²) in [5.74, 6) is 0. The second-order valence-corrected chi connectivity index (χ2v) is 3.86. The Morgan fingerprint density at radius 2 is 1.50 bits per heavy atom. The smallest absolute Gasteiger partial charge is 0.326 e. The highest BCUT2D eigenvalue weighted by Crippen LogP contribution is 2.05. The fourth-order valence-electron chi connectivity index (χ4n) is 1.76. The number of rotatable bonds is 4. The van der Waals surface area contributed by atoms with E-state index in [-0.39, 0.29) is 0 Å². The van der Waals surface area contributed by atoms with Crippen molar-refractivity contribution in [3.05, 3.63) is 65.7 Å². The fraction of sp³-hybridized carbons (Fsp3) is 0.143. The summed E-state index contributed by atoms with van der Waals surface area (Å²) in [6.45, 7) is 0. The Bertz CT molecular complexity index is 439. The normalized spacial score (nSPS) is 10.1. The molecule has 2 heteroatoms. The molecular weight excluding hydrogens is 195 g/mol. The van der Waals surface area contributed by atoms with E-state index in [0.29, 0.717) is 0 Å². The Hall–Kier alpha value is -1.54. The van der Waals surface area contributed by atoms with Gasteiger partial charge in [-0.25, -0.2) is 0 Å². The van der Waals surface area contributed by atoms with Crippen LogP contribution in [0.2, 0.25) is 0 Å². The van der Waals surface area contributed by atoms with E-state index in [1.165, 1.54) is 11.1 Å². The van der Waals surface area contributed by atoms with Gasteiger partial charge in [-0.3, -0.25) is 0 Å². The van der Waals surface area contributed by atoms with Crippen molar-refractivity contribution in [3.8, 4) is 0 Å². The van der Waals surface area contributed by atoms with E-state index in [0.717, 1.165) is 25.8 Å². The first-order valence-electron chi connectivity index (χ1n) is 5.49. The molecule has 0 atom stereocenters. The molecule has 0 amide bonds. The minimum absolute atomic E-state index is 0.866. The molecule has 79 valence electrons. The number of aryl methyl sites for hydroxylation is 2. The molecule has 1 N–H and O–H groups in total. The fourth-order valence-corrected chi connectivity index (χ4v) is 1.76. The molecule has 1 radical (unpaired) electrons. The van der Waals surface area contributed by atoms with Gasteiger partial charge in [0.2, 0.25) is 0 Å². The molecule has 16 heavy (non-hydrogen) atoms. The molecule has 0 aliphatic carbocycles. The van der Waals surface area contributed by atoms with Gasteiger partial charge in [0, 0.05) is 0 Å². The van der Waals surface area contributed by atoms with Gasteiger partial charge >= 0.3 is 7.48 Å². The lowest BCUT2D eigenvalue weighted by molar-refractivity contribution is 0.615. The lowest BCUT2D eigenvalue weighted by Gasteiger charge is -2.03. The van der Waals surface area contributed by atoms with Gasteiger partial charge in [0.1, 0.15) is 0 Å². The van der Waals surface area contributed by atoms with Crippen LogP contribution in [-0.4, -0.2) is 12.5 Å². The molecule has 0 aromatic heterocycles.